The number of aromatic nitrogens is 2. The van der Waals surface area contributed by atoms with E-state index in [1.165, 1.54) is 0 Å². The van der Waals surface area contributed by atoms with Crippen LogP contribution < -0.4 is 5.56 Å². The average molecular weight is 366 g/mol. The molecule has 1 aromatic carbocycles. The number of hydrogen-bond donors (Lipinski definition) is 1. The van der Waals surface area contributed by atoms with E-state index in [1.54, 1.807) is 12.1 Å². The Kier molecular flexibility index (Phi) is 4.73. The van der Waals surface area contributed by atoms with Crippen molar-refractivity contribution in [3.05, 3.63) is 61.2 Å². The summed E-state index contributed by atoms with van der Waals surface area (Å²) in [6.07, 6.45) is 0.764. The number of fused-ring (bicyclic) bond motifs is 1. The number of benzene rings is 1. The third-order valence-electron chi connectivity index (χ3n) is 4.26. The molecule has 4 nitrogen and oxygen atoms in total. The summed E-state index contributed by atoms with van der Waals surface area (Å²) in [4.78, 5) is 22.3. The third kappa shape index (κ3) is 3.66. The molecule has 0 unspecified atom stereocenters. The van der Waals surface area contributed by atoms with Crippen LogP contribution in [0.1, 0.15) is 43.4 Å². The molecule has 2 aromatic rings. The van der Waals surface area contributed by atoms with Crippen LogP contribution in [0.25, 0.3) is 0 Å². The van der Waals surface area contributed by atoms with Gasteiger partial charge in [-0.1, -0.05) is 44.0 Å². The second kappa shape index (κ2) is 6.51. The maximum absolute atomic E-state index is 12.5. The van der Waals surface area contributed by atoms with Crippen LogP contribution in [0.2, 0.25) is 10.0 Å². The van der Waals surface area contributed by atoms with Gasteiger partial charge in [0.25, 0.3) is 5.56 Å². The van der Waals surface area contributed by atoms with E-state index in [2.05, 4.69) is 14.9 Å². The Morgan fingerprint density at radius 1 is 1.29 bits per heavy atom. The van der Waals surface area contributed by atoms with Crippen LogP contribution in [0.4, 0.5) is 0 Å². The molecular formula is C18H21Cl2N3O. The molecule has 3 rings (SSSR count). The summed E-state index contributed by atoms with van der Waals surface area (Å²) in [7, 11) is 0. The van der Waals surface area contributed by atoms with E-state index in [0.29, 0.717) is 23.1 Å². The van der Waals surface area contributed by atoms with Crippen LogP contribution in [-0.4, -0.2) is 21.4 Å². The van der Waals surface area contributed by atoms with E-state index in [4.69, 9.17) is 23.2 Å². The number of nitrogens with zero attached hydrogens (tertiary/aromatic N) is 2. The van der Waals surface area contributed by atoms with Gasteiger partial charge in [-0.15, -0.1) is 0 Å². The first kappa shape index (κ1) is 17.5. The fraction of sp³-hybridized carbons (Fsp3) is 0.444. The highest BCUT2D eigenvalue weighted by Gasteiger charge is 2.25. The summed E-state index contributed by atoms with van der Waals surface area (Å²) in [6, 6.07) is 5.47. The molecule has 0 atom stereocenters. The molecule has 0 amide bonds. The highest BCUT2D eigenvalue weighted by atomic mass is 35.5. The zero-order valence-electron chi connectivity index (χ0n) is 14.1. The van der Waals surface area contributed by atoms with Crippen molar-refractivity contribution in [2.75, 3.05) is 6.54 Å². The number of nitrogens with one attached hydrogen (secondary N) is 1. The minimum Gasteiger partial charge on any atom is -0.310 e. The van der Waals surface area contributed by atoms with Gasteiger partial charge in [-0.25, -0.2) is 4.98 Å². The topological polar surface area (TPSA) is 49.0 Å². The van der Waals surface area contributed by atoms with Gasteiger partial charge in [-0.3, -0.25) is 9.69 Å². The molecule has 1 aromatic heterocycles. The van der Waals surface area contributed by atoms with Gasteiger partial charge < -0.3 is 4.98 Å². The zero-order chi connectivity index (χ0) is 17.5. The van der Waals surface area contributed by atoms with E-state index in [1.807, 2.05) is 26.8 Å². The maximum Gasteiger partial charge on any atom is 0.255 e. The van der Waals surface area contributed by atoms with Crippen LogP contribution in [0.5, 0.6) is 0 Å². The predicted molar refractivity (Wildman–Crippen MR) is 97.8 cm³/mol. The van der Waals surface area contributed by atoms with Crippen molar-refractivity contribution in [3.8, 4) is 0 Å². The number of rotatable bonds is 2. The Labute approximate surface area is 151 Å². The lowest BCUT2D eigenvalue weighted by Crippen LogP contribution is -2.37. The first-order valence-electron chi connectivity index (χ1n) is 8.03. The molecule has 1 aliphatic rings. The Hall–Kier alpha value is -1.36. The van der Waals surface area contributed by atoms with E-state index < -0.39 is 0 Å². The van der Waals surface area contributed by atoms with Gasteiger partial charge in [-0.2, -0.15) is 0 Å². The van der Waals surface area contributed by atoms with Crippen molar-refractivity contribution < 1.29 is 0 Å². The predicted octanol–water partition coefficient (Wildman–Crippen LogP) is 3.93. The van der Waals surface area contributed by atoms with Gasteiger partial charge in [0.15, 0.2) is 0 Å². The molecule has 0 saturated heterocycles. The molecule has 0 spiro atoms. The fourth-order valence-electron chi connectivity index (χ4n) is 2.88. The quantitative estimate of drug-likeness (QED) is 0.876. The molecule has 24 heavy (non-hydrogen) atoms. The van der Waals surface area contributed by atoms with Gasteiger partial charge in [0.05, 0.1) is 11.3 Å². The second-order valence-corrected chi connectivity index (χ2v) is 8.13. The molecule has 6 heteroatoms. The van der Waals surface area contributed by atoms with Gasteiger partial charge in [-0.05, 0) is 23.8 Å². The minimum atomic E-state index is -0.167. The molecule has 0 bridgehead atoms. The molecule has 0 aliphatic carbocycles. The highest BCUT2D eigenvalue weighted by Crippen LogP contribution is 2.25. The van der Waals surface area contributed by atoms with Crippen molar-refractivity contribution in [3.63, 3.8) is 0 Å². The Morgan fingerprint density at radius 2 is 2.04 bits per heavy atom. The first-order valence-corrected chi connectivity index (χ1v) is 8.78. The van der Waals surface area contributed by atoms with E-state index in [-0.39, 0.29) is 11.0 Å². The summed E-state index contributed by atoms with van der Waals surface area (Å²) in [5.41, 5.74) is 2.44. The van der Waals surface area contributed by atoms with E-state index >= 15 is 0 Å². The maximum atomic E-state index is 12.5. The standard InChI is InChI=1S/C18H21Cl2N3O/c1-18(2,3)17-21-15-6-7-23(10-13(15)16(24)22-17)9-11-8-12(19)4-5-14(11)20/h4-5,8H,6-7,9-10H2,1-3H3,(H,21,22,24). The lowest BCUT2D eigenvalue weighted by atomic mass is 9.95. The van der Waals surface area contributed by atoms with Crippen molar-refractivity contribution in [1.29, 1.82) is 0 Å². The lowest BCUT2D eigenvalue weighted by molar-refractivity contribution is 0.241. The zero-order valence-corrected chi connectivity index (χ0v) is 15.6. The molecule has 0 saturated carbocycles. The van der Waals surface area contributed by atoms with Crippen LogP contribution in [0, 0.1) is 0 Å². The molecule has 0 fully saturated rings. The van der Waals surface area contributed by atoms with Crippen LogP contribution in [-0.2, 0) is 24.9 Å². The van der Waals surface area contributed by atoms with Crippen LogP contribution in [0.3, 0.4) is 0 Å². The number of aromatic amines is 1. The summed E-state index contributed by atoms with van der Waals surface area (Å²) >= 11 is 12.3. The molecular weight excluding hydrogens is 345 g/mol. The summed E-state index contributed by atoms with van der Waals surface area (Å²) < 4.78 is 0. The lowest BCUT2D eigenvalue weighted by Gasteiger charge is -2.29. The first-order chi connectivity index (χ1) is 11.2. The van der Waals surface area contributed by atoms with Gasteiger partial charge in [0, 0.05) is 41.5 Å². The van der Waals surface area contributed by atoms with E-state index in [9.17, 15) is 4.79 Å². The van der Waals surface area contributed by atoms with Gasteiger partial charge in [0.1, 0.15) is 5.82 Å². The molecule has 1 aliphatic heterocycles. The van der Waals surface area contributed by atoms with Crippen LogP contribution in [0.15, 0.2) is 23.0 Å². The number of hydrogen-bond acceptors (Lipinski definition) is 3. The van der Waals surface area contributed by atoms with Gasteiger partial charge in [0.2, 0.25) is 0 Å². The Bertz CT molecular complexity index is 824. The van der Waals surface area contributed by atoms with Crippen molar-refractivity contribution in [2.45, 2.75) is 45.7 Å². The highest BCUT2D eigenvalue weighted by molar-refractivity contribution is 6.33. The fourth-order valence-corrected chi connectivity index (χ4v) is 3.25. The molecule has 128 valence electrons. The SMILES string of the molecule is CC(C)(C)c1nc2c(c(=O)[nH]1)CN(Cc1cc(Cl)ccc1Cl)CC2. The molecule has 2 heterocycles. The Morgan fingerprint density at radius 3 is 2.75 bits per heavy atom. The monoisotopic (exact) mass is 365 g/mol. The normalized spacial score (nSPS) is 15.4. The molecule has 1 N–H and O–H groups in total. The number of halogens is 2. The summed E-state index contributed by atoms with van der Waals surface area (Å²) in [5.74, 6) is 0.748. The second-order valence-electron chi connectivity index (χ2n) is 7.29. The third-order valence-corrected chi connectivity index (χ3v) is 4.86. The van der Waals surface area contributed by atoms with Crippen molar-refractivity contribution in [1.82, 2.24) is 14.9 Å². The number of H-pyrrole nitrogens is 1. The minimum absolute atomic E-state index is 0.0354. The van der Waals surface area contributed by atoms with Crippen molar-refractivity contribution >= 4 is 23.2 Å². The van der Waals surface area contributed by atoms with Crippen LogP contribution >= 0.6 is 23.2 Å². The largest absolute Gasteiger partial charge is 0.310 e. The van der Waals surface area contributed by atoms with Crippen molar-refractivity contribution in [2.24, 2.45) is 0 Å². The average Bonchev–Trinajstić information content (AvgIpc) is 2.50. The Balaban J connectivity index is 1.85. The van der Waals surface area contributed by atoms with E-state index in [0.717, 1.165) is 35.6 Å². The summed E-state index contributed by atoms with van der Waals surface area (Å²) in [5, 5.41) is 1.36. The smallest absolute Gasteiger partial charge is 0.255 e. The molecule has 0 radical (unpaired) electrons. The van der Waals surface area contributed by atoms with Gasteiger partial charge >= 0.3 is 0 Å². The summed E-state index contributed by atoms with van der Waals surface area (Å²) in [6.45, 7) is 8.23.